The number of halogens is 6. The second-order valence-corrected chi connectivity index (χ2v) is 11.1. The van der Waals surface area contributed by atoms with Gasteiger partial charge < -0.3 is 20.4 Å². The van der Waals surface area contributed by atoms with Crippen molar-refractivity contribution < 1.29 is 46.8 Å². The second-order valence-electron chi connectivity index (χ2n) is 11.1. The first kappa shape index (κ1) is 29.9. The van der Waals surface area contributed by atoms with Crippen LogP contribution in [0.5, 0.6) is 0 Å². The summed E-state index contributed by atoms with van der Waals surface area (Å²) in [5.41, 5.74) is -2.94. The Morgan fingerprint density at radius 2 is 1.65 bits per heavy atom. The van der Waals surface area contributed by atoms with Crippen LogP contribution in [0.25, 0.3) is 0 Å². The molecule has 0 aromatic carbocycles. The van der Waals surface area contributed by atoms with E-state index in [1.54, 1.807) is 6.92 Å². The lowest BCUT2D eigenvalue weighted by molar-refractivity contribution is -0.385. The van der Waals surface area contributed by atoms with Crippen molar-refractivity contribution >= 4 is 0 Å². The molecule has 3 rings (SSSR count). The number of alkyl halides is 6. The van der Waals surface area contributed by atoms with Gasteiger partial charge in [-0.15, -0.1) is 0 Å². The van der Waals surface area contributed by atoms with Crippen LogP contribution in [-0.4, -0.2) is 56.7 Å². The molecule has 3 aliphatic rings. The van der Waals surface area contributed by atoms with Crippen molar-refractivity contribution in [3.63, 3.8) is 0 Å². The van der Waals surface area contributed by atoms with Gasteiger partial charge in [-0.05, 0) is 72.8 Å². The molecule has 0 spiro atoms. The van der Waals surface area contributed by atoms with Gasteiger partial charge in [0.1, 0.15) is 6.10 Å². The Morgan fingerprint density at radius 1 is 1.03 bits per heavy atom. The first-order chi connectivity index (χ1) is 16.9. The highest BCUT2D eigenvalue weighted by Gasteiger charge is 2.73. The van der Waals surface area contributed by atoms with Crippen LogP contribution in [-0.2, 0) is 0 Å². The summed E-state index contributed by atoms with van der Waals surface area (Å²) in [5, 5.41) is 39.3. The van der Waals surface area contributed by atoms with Crippen LogP contribution in [0.2, 0.25) is 0 Å². The van der Waals surface area contributed by atoms with Crippen molar-refractivity contribution in [2.45, 2.75) is 95.1 Å². The molecule has 0 aromatic heterocycles. The van der Waals surface area contributed by atoms with Crippen LogP contribution in [0.1, 0.15) is 58.8 Å². The molecule has 0 heterocycles. The minimum Gasteiger partial charge on any atom is -0.393 e. The summed E-state index contributed by atoms with van der Waals surface area (Å²) in [5.74, 6) is -0.315. The van der Waals surface area contributed by atoms with E-state index >= 15 is 0 Å². The van der Waals surface area contributed by atoms with Crippen molar-refractivity contribution in [2.24, 2.45) is 23.2 Å². The number of aliphatic hydroxyl groups excluding tert-OH is 3. The number of aliphatic hydroxyl groups is 4. The van der Waals surface area contributed by atoms with Crippen molar-refractivity contribution in [3.8, 4) is 0 Å². The molecule has 4 N–H and O–H groups in total. The van der Waals surface area contributed by atoms with Crippen molar-refractivity contribution in [1.82, 2.24) is 0 Å². The fraction of sp³-hybridized carbons (Fsp3) is 0.704. The SMILES string of the molecule is C=C1C(=CC=C2CCC[C@]3(C)[C@@H]([C@@H](C)C=C[C@@H](O)C(O)(C(F)(F)F)C(F)(F)F)CC[C@@H]23)C[C@@H](O)C[C@@H]1O. The Hall–Kier alpha value is -1.62. The van der Waals surface area contributed by atoms with E-state index in [1.165, 1.54) is 5.57 Å². The van der Waals surface area contributed by atoms with E-state index in [4.69, 9.17) is 0 Å². The second kappa shape index (κ2) is 10.5. The molecule has 0 radical (unpaired) electrons. The average molecular weight is 539 g/mol. The predicted molar refractivity (Wildman–Crippen MR) is 126 cm³/mol. The highest BCUT2D eigenvalue weighted by molar-refractivity contribution is 5.38. The third-order valence-electron chi connectivity index (χ3n) is 8.83. The predicted octanol–water partition coefficient (Wildman–Crippen LogP) is 5.54. The quantitative estimate of drug-likeness (QED) is 0.274. The average Bonchev–Trinajstić information content (AvgIpc) is 3.14. The third-order valence-corrected chi connectivity index (χ3v) is 8.83. The van der Waals surface area contributed by atoms with Gasteiger partial charge in [-0.2, -0.15) is 26.3 Å². The summed E-state index contributed by atoms with van der Waals surface area (Å²) in [6.07, 6.45) is -6.65. The molecule has 4 nitrogen and oxygen atoms in total. The smallest absolute Gasteiger partial charge is 0.393 e. The Bertz CT molecular complexity index is 936. The number of hydrogen-bond donors (Lipinski definition) is 4. The number of rotatable bonds is 5. The molecule has 3 fully saturated rings. The maximum Gasteiger partial charge on any atom is 0.429 e. The first-order valence-electron chi connectivity index (χ1n) is 12.6. The molecule has 0 bridgehead atoms. The first-order valence-corrected chi connectivity index (χ1v) is 12.6. The molecule has 3 aliphatic carbocycles. The van der Waals surface area contributed by atoms with E-state index in [0.717, 1.165) is 37.3 Å². The van der Waals surface area contributed by atoms with Crippen molar-refractivity contribution in [2.75, 3.05) is 0 Å². The zero-order chi connectivity index (χ0) is 28.0. The summed E-state index contributed by atoms with van der Waals surface area (Å²) in [7, 11) is 0. The Labute approximate surface area is 213 Å². The summed E-state index contributed by atoms with van der Waals surface area (Å²) in [4.78, 5) is 0. The lowest BCUT2D eigenvalue weighted by Gasteiger charge is -2.44. The monoisotopic (exact) mass is 538 g/mol. The van der Waals surface area contributed by atoms with E-state index in [-0.39, 0.29) is 23.7 Å². The Morgan fingerprint density at radius 3 is 2.24 bits per heavy atom. The van der Waals surface area contributed by atoms with Crippen LogP contribution < -0.4 is 0 Å². The molecular weight excluding hydrogens is 502 g/mol. The summed E-state index contributed by atoms with van der Waals surface area (Å²) >= 11 is 0. The highest BCUT2D eigenvalue weighted by Crippen LogP contribution is 2.59. The number of hydrogen-bond acceptors (Lipinski definition) is 4. The maximum absolute atomic E-state index is 13.1. The molecular formula is C27H36F6O4. The Balaban J connectivity index is 1.79. The molecule has 7 atom stereocenters. The molecule has 0 saturated heterocycles. The molecule has 37 heavy (non-hydrogen) atoms. The lowest BCUT2D eigenvalue weighted by Crippen LogP contribution is -2.63. The van der Waals surface area contributed by atoms with Gasteiger partial charge in [0.05, 0.1) is 12.2 Å². The van der Waals surface area contributed by atoms with Gasteiger partial charge in [0.25, 0.3) is 5.60 Å². The number of allylic oxidation sites excluding steroid dienone is 4. The molecule has 0 unspecified atom stereocenters. The standard InChI is InChI=1S/C27H36F6O4/c1-15(6-11-23(36)25(37,26(28,29)30)27(31,32)33)20-9-10-21-17(5-4-12-24(20,21)3)7-8-18-13-19(34)14-22(35)16(18)2/h6-8,11,15,19-23,34-37H,2,4-5,9-10,12-14H2,1,3H3/t15-,19+,20+,21-,22-,23+,24+/m0/s1. The van der Waals surface area contributed by atoms with Gasteiger partial charge in [-0.25, -0.2) is 0 Å². The van der Waals surface area contributed by atoms with Gasteiger partial charge in [-0.1, -0.05) is 50.3 Å². The van der Waals surface area contributed by atoms with Crippen LogP contribution in [0.4, 0.5) is 26.3 Å². The minimum atomic E-state index is -6.10. The molecule has 10 heteroatoms. The molecule has 0 amide bonds. The van der Waals surface area contributed by atoms with Gasteiger partial charge in [0, 0.05) is 6.42 Å². The van der Waals surface area contributed by atoms with E-state index in [0.29, 0.717) is 24.5 Å². The van der Waals surface area contributed by atoms with Crippen molar-refractivity contribution in [3.05, 3.63) is 47.6 Å². The van der Waals surface area contributed by atoms with Crippen LogP contribution in [0.3, 0.4) is 0 Å². The molecule has 3 saturated carbocycles. The molecule has 0 aliphatic heterocycles. The molecule has 210 valence electrons. The fourth-order valence-corrected chi connectivity index (χ4v) is 6.66. The van der Waals surface area contributed by atoms with Crippen LogP contribution >= 0.6 is 0 Å². The van der Waals surface area contributed by atoms with Gasteiger partial charge in [0.15, 0.2) is 0 Å². The minimum absolute atomic E-state index is 0.0459. The highest BCUT2D eigenvalue weighted by atomic mass is 19.4. The summed E-state index contributed by atoms with van der Waals surface area (Å²) in [6, 6.07) is 0. The van der Waals surface area contributed by atoms with Crippen LogP contribution in [0, 0.1) is 23.2 Å². The molecule has 0 aromatic rings. The van der Waals surface area contributed by atoms with Gasteiger partial charge in [0.2, 0.25) is 0 Å². The van der Waals surface area contributed by atoms with E-state index < -0.39 is 42.2 Å². The summed E-state index contributed by atoms with van der Waals surface area (Å²) in [6.45, 7) is 7.72. The normalized spacial score (nSPS) is 35.8. The maximum atomic E-state index is 13.1. The fourth-order valence-electron chi connectivity index (χ4n) is 6.66. The summed E-state index contributed by atoms with van der Waals surface area (Å²) < 4.78 is 78.4. The third kappa shape index (κ3) is 5.58. The Kier molecular flexibility index (Phi) is 8.50. The van der Waals surface area contributed by atoms with E-state index in [2.05, 4.69) is 13.5 Å². The largest absolute Gasteiger partial charge is 0.429 e. The van der Waals surface area contributed by atoms with E-state index in [9.17, 15) is 46.8 Å². The number of fused-ring (bicyclic) bond motifs is 1. The van der Waals surface area contributed by atoms with Crippen molar-refractivity contribution in [1.29, 1.82) is 0 Å². The van der Waals surface area contributed by atoms with Gasteiger partial charge >= 0.3 is 12.4 Å². The zero-order valence-corrected chi connectivity index (χ0v) is 21.0. The van der Waals surface area contributed by atoms with Crippen LogP contribution in [0.15, 0.2) is 47.6 Å². The van der Waals surface area contributed by atoms with Gasteiger partial charge in [-0.3, -0.25) is 0 Å². The zero-order valence-electron chi connectivity index (χ0n) is 21.0. The topological polar surface area (TPSA) is 80.9 Å². The van der Waals surface area contributed by atoms with E-state index in [1.807, 2.05) is 12.2 Å². The lowest BCUT2D eigenvalue weighted by atomic mass is 9.61.